The Morgan fingerprint density at radius 3 is 2.18 bits per heavy atom. The van der Waals surface area contributed by atoms with Gasteiger partial charge in [0, 0.05) is 17.5 Å². The average Bonchev–Trinajstić information content (AvgIpc) is 1.85. The first kappa shape index (κ1) is 9.20. The Kier molecular flexibility index (Phi) is 3.07. The van der Waals surface area contributed by atoms with Crippen molar-refractivity contribution in [1.82, 2.24) is 4.72 Å². The summed E-state index contributed by atoms with van der Waals surface area (Å²) in [5.41, 5.74) is 0. The van der Waals surface area contributed by atoms with Crippen LogP contribution in [0, 0.1) is 0 Å². The molecule has 3 heteroatoms. The van der Waals surface area contributed by atoms with Crippen molar-refractivity contribution >= 4 is 10.1 Å². The van der Waals surface area contributed by atoms with Gasteiger partial charge in [-0.2, -0.15) is 0 Å². The molecule has 0 bridgehead atoms. The fourth-order valence-electron chi connectivity index (χ4n) is 1.62. The van der Waals surface area contributed by atoms with E-state index in [0.717, 1.165) is 24.3 Å². The molecule has 0 spiro atoms. The largest absolute Gasteiger partial charge is 0.271 e. The minimum Gasteiger partial charge on any atom is -0.271 e. The summed E-state index contributed by atoms with van der Waals surface area (Å²) in [5.74, 6) is 1.84. The van der Waals surface area contributed by atoms with Gasteiger partial charge in [-0.25, -0.2) is 0 Å². The van der Waals surface area contributed by atoms with Crippen molar-refractivity contribution in [2.24, 2.45) is 0 Å². The summed E-state index contributed by atoms with van der Waals surface area (Å²) in [5, 5.41) is 0. The summed E-state index contributed by atoms with van der Waals surface area (Å²) in [6.07, 6.45) is 3.57. The van der Waals surface area contributed by atoms with Gasteiger partial charge in [0.15, 0.2) is 0 Å². The van der Waals surface area contributed by atoms with E-state index >= 15 is 0 Å². The van der Waals surface area contributed by atoms with E-state index in [1.807, 2.05) is 0 Å². The SMILES string of the molecule is CC(C)N[SH]1(=O)CCCCC1. The Bertz CT molecular complexity index is 157. The lowest BCUT2D eigenvalue weighted by molar-refractivity contribution is 0.613. The molecule has 0 aliphatic carbocycles. The van der Waals surface area contributed by atoms with Crippen LogP contribution < -0.4 is 4.72 Å². The summed E-state index contributed by atoms with van der Waals surface area (Å²) in [6.45, 7) is 4.13. The van der Waals surface area contributed by atoms with Crippen LogP contribution in [0.1, 0.15) is 33.1 Å². The van der Waals surface area contributed by atoms with Crippen LogP contribution in [0.4, 0.5) is 0 Å². The second-order valence-corrected chi connectivity index (χ2v) is 6.61. The van der Waals surface area contributed by atoms with Crippen molar-refractivity contribution in [2.45, 2.75) is 39.2 Å². The van der Waals surface area contributed by atoms with Gasteiger partial charge in [-0.1, -0.05) is 16.5 Å². The van der Waals surface area contributed by atoms with Crippen LogP contribution in [0.3, 0.4) is 0 Å². The van der Waals surface area contributed by atoms with E-state index < -0.39 is 10.1 Å². The molecule has 0 radical (unpaired) electrons. The summed E-state index contributed by atoms with van der Waals surface area (Å²) >= 11 is 0. The number of nitrogens with one attached hydrogen (secondary N) is 1. The first-order valence-electron chi connectivity index (χ1n) is 4.48. The van der Waals surface area contributed by atoms with Crippen LogP contribution in [-0.2, 0) is 10.1 Å². The Hall–Kier alpha value is 0.110. The predicted octanol–water partition coefficient (Wildman–Crippen LogP) is 1.10. The van der Waals surface area contributed by atoms with Gasteiger partial charge >= 0.3 is 0 Å². The number of thiol groups is 1. The molecule has 0 saturated carbocycles. The molecule has 1 aliphatic heterocycles. The van der Waals surface area contributed by atoms with Crippen molar-refractivity contribution < 1.29 is 4.21 Å². The zero-order valence-corrected chi connectivity index (χ0v) is 8.36. The Morgan fingerprint density at radius 2 is 1.73 bits per heavy atom. The molecule has 0 aromatic rings. The monoisotopic (exact) mass is 177 g/mol. The molecule has 1 aliphatic rings. The first-order valence-corrected chi connectivity index (χ1v) is 6.56. The lowest BCUT2D eigenvalue weighted by Crippen LogP contribution is -2.42. The quantitative estimate of drug-likeness (QED) is 0.608. The Morgan fingerprint density at radius 1 is 1.18 bits per heavy atom. The molecule has 0 atom stereocenters. The van der Waals surface area contributed by atoms with Gasteiger partial charge in [0.05, 0.1) is 0 Å². The topological polar surface area (TPSA) is 29.1 Å². The second kappa shape index (κ2) is 3.68. The molecule has 1 N–H and O–H groups in total. The van der Waals surface area contributed by atoms with E-state index in [9.17, 15) is 4.21 Å². The van der Waals surface area contributed by atoms with Gasteiger partial charge in [-0.05, 0) is 26.7 Å². The van der Waals surface area contributed by atoms with E-state index in [4.69, 9.17) is 0 Å². The van der Waals surface area contributed by atoms with Gasteiger partial charge in [0.1, 0.15) is 0 Å². The number of hydrogen-bond acceptors (Lipinski definition) is 1. The van der Waals surface area contributed by atoms with Crippen molar-refractivity contribution in [1.29, 1.82) is 0 Å². The van der Waals surface area contributed by atoms with Crippen molar-refractivity contribution in [3.05, 3.63) is 0 Å². The van der Waals surface area contributed by atoms with Gasteiger partial charge in [-0.15, -0.1) is 0 Å². The third-order valence-electron chi connectivity index (χ3n) is 2.03. The van der Waals surface area contributed by atoms with Crippen LogP contribution in [0.5, 0.6) is 0 Å². The molecule has 0 aromatic heterocycles. The van der Waals surface area contributed by atoms with Crippen LogP contribution in [-0.4, -0.2) is 21.8 Å². The summed E-state index contributed by atoms with van der Waals surface area (Å²) in [4.78, 5) is 0. The highest BCUT2D eigenvalue weighted by Gasteiger charge is 2.18. The molecule has 0 aromatic carbocycles. The molecule has 2 nitrogen and oxygen atoms in total. The smallest absolute Gasteiger partial charge is 0.0128 e. The third kappa shape index (κ3) is 2.91. The van der Waals surface area contributed by atoms with Crippen LogP contribution in [0.2, 0.25) is 0 Å². The van der Waals surface area contributed by atoms with E-state index in [0.29, 0.717) is 6.04 Å². The zero-order valence-electron chi connectivity index (χ0n) is 7.47. The molecule has 1 rings (SSSR count). The van der Waals surface area contributed by atoms with Crippen LogP contribution >= 0.6 is 0 Å². The summed E-state index contributed by atoms with van der Waals surface area (Å²) in [7, 11) is -1.92. The molecule has 1 saturated heterocycles. The molecule has 68 valence electrons. The van der Waals surface area contributed by atoms with Gasteiger partial charge in [0.2, 0.25) is 0 Å². The number of rotatable bonds is 2. The van der Waals surface area contributed by atoms with E-state index in [1.165, 1.54) is 6.42 Å². The third-order valence-corrected chi connectivity index (χ3v) is 5.10. The summed E-state index contributed by atoms with van der Waals surface area (Å²) in [6, 6.07) is 0.374. The number of hydrogen-bond donors (Lipinski definition) is 2. The lowest BCUT2D eigenvalue weighted by atomic mass is 10.3. The Labute approximate surface area is 70.3 Å². The van der Waals surface area contributed by atoms with Crippen molar-refractivity contribution in [3.63, 3.8) is 0 Å². The molecular weight excluding hydrogens is 158 g/mol. The lowest BCUT2D eigenvalue weighted by Gasteiger charge is -2.30. The highest BCUT2D eigenvalue weighted by molar-refractivity contribution is 8.01. The molecule has 1 fully saturated rings. The highest BCUT2D eigenvalue weighted by Crippen LogP contribution is 2.15. The van der Waals surface area contributed by atoms with Crippen LogP contribution in [0.25, 0.3) is 0 Å². The van der Waals surface area contributed by atoms with E-state index in [1.54, 1.807) is 0 Å². The highest BCUT2D eigenvalue weighted by atomic mass is 32.3. The first-order chi connectivity index (χ1) is 5.12. The van der Waals surface area contributed by atoms with Gasteiger partial charge < -0.3 is 0 Å². The van der Waals surface area contributed by atoms with E-state index in [2.05, 4.69) is 18.6 Å². The predicted molar refractivity (Wildman–Crippen MR) is 51.4 cm³/mol. The van der Waals surface area contributed by atoms with Crippen LogP contribution in [0.15, 0.2) is 0 Å². The Balaban J connectivity index is 2.44. The molecule has 0 unspecified atom stereocenters. The minimum atomic E-state index is -1.92. The summed E-state index contributed by atoms with van der Waals surface area (Å²) < 4.78 is 15.1. The van der Waals surface area contributed by atoms with Crippen molar-refractivity contribution in [2.75, 3.05) is 11.5 Å². The standard InChI is InChI=1S/C8H19NOS/c1-8(2)9-11(10)6-4-3-5-7-11/h8,11H,3-7H2,1-2H3,(H,9,10). The van der Waals surface area contributed by atoms with Crippen molar-refractivity contribution in [3.8, 4) is 0 Å². The second-order valence-electron chi connectivity index (χ2n) is 3.68. The molecule has 0 amide bonds. The maximum Gasteiger partial charge on any atom is 0.0128 e. The fraction of sp³-hybridized carbons (Fsp3) is 1.00. The molecule has 11 heavy (non-hydrogen) atoms. The molecular formula is C8H19NOS. The van der Waals surface area contributed by atoms with Gasteiger partial charge in [0.25, 0.3) is 0 Å². The minimum absolute atomic E-state index is 0.374. The van der Waals surface area contributed by atoms with Gasteiger partial charge in [-0.3, -0.25) is 8.93 Å². The zero-order chi connectivity index (χ0) is 8.32. The molecule has 1 heterocycles. The average molecular weight is 177 g/mol. The van der Waals surface area contributed by atoms with E-state index in [-0.39, 0.29) is 0 Å². The normalized spacial score (nSPS) is 26.8. The maximum atomic E-state index is 11.9. The maximum absolute atomic E-state index is 11.9. The fourth-order valence-corrected chi connectivity index (χ4v) is 4.51.